The lowest BCUT2D eigenvalue weighted by Crippen LogP contribution is -2.22. The van der Waals surface area contributed by atoms with Crippen molar-refractivity contribution in [3.8, 4) is 0 Å². The quantitative estimate of drug-likeness (QED) is 0.595. The van der Waals surface area contributed by atoms with E-state index in [1.54, 1.807) is 0 Å². The second kappa shape index (κ2) is 8.78. The van der Waals surface area contributed by atoms with Crippen molar-refractivity contribution in [1.82, 2.24) is 4.90 Å². The minimum Gasteiger partial charge on any atom is -0.378 e. The van der Waals surface area contributed by atoms with Crippen LogP contribution in [0.5, 0.6) is 0 Å². The third kappa shape index (κ3) is 6.56. The van der Waals surface area contributed by atoms with Crippen molar-refractivity contribution in [2.75, 3.05) is 20.1 Å². The van der Waals surface area contributed by atoms with Gasteiger partial charge in [0.1, 0.15) is 0 Å². The van der Waals surface area contributed by atoms with Gasteiger partial charge in [-0.25, -0.2) is 0 Å². The zero-order chi connectivity index (χ0) is 11.7. The Hall–Kier alpha value is -0.500. The average Bonchev–Trinajstić information content (AvgIpc) is 2.24. The van der Waals surface area contributed by atoms with E-state index in [1.807, 2.05) is 0 Å². The van der Waals surface area contributed by atoms with Crippen molar-refractivity contribution in [2.24, 2.45) is 11.7 Å². The second-order valence-corrected chi connectivity index (χ2v) is 4.45. The third-order valence-electron chi connectivity index (χ3n) is 3.00. The summed E-state index contributed by atoms with van der Waals surface area (Å²) in [6, 6.07) is 0. The minimum atomic E-state index is 0.596. The van der Waals surface area contributed by atoms with E-state index in [1.165, 1.54) is 31.4 Å². The highest BCUT2D eigenvalue weighted by molar-refractivity contribution is 4.97. The highest BCUT2D eigenvalue weighted by Gasteiger charge is 2.09. The summed E-state index contributed by atoms with van der Waals surface area (Å²) in [4.78, 5) is 2.30. The van der Waals surface area contributed by atoms with Crippen LogP contribution in [0.2, 0.25) is 0 Å². The second-order valence-electron chi connectivity index (χ2n) is 4.45. The lowest BCUT2D eigenvalue weighted by atomic mass is 10.0. The van der Waals surface area contributed by atoms with Gasteiger partial charge in [-0.1, -0.05) is 33.3 Å². The summed E-state index contributed by atoms with van der Waals surface area (Å²) in [5.41, 5.74) is 6.76. The molecule has 0 radical (unpaired) electrons. The molecule has 0 saturated heterocycles. The first-order valence-electron chi connectivity index (χ1n) is 6.23. The largest absolute Gasteiger partial charge is 0.378 e. The summed E-state index contributed by atoms with van der Waals surface area (Å²) in [5.74, 6) is 0.596. The molecule has 0 rings (SSSR count). The lowest BCUT2D eigenvalue weighted by Gasteiger charge is -2.26. The summed E-state index contributed by atoms with van der Waals surface area (Å²) in [7, 11) is 2.15. The number of allylic oxidation sites excluding steroid dienone is 1. The third-order valence-corrected chi connectivity index (χ3v) is 3.00. The minimum absolute atomic E-state index is 0.596. The monoisotopic (exact) mass is 212 g/mol. The van der Waals surface area contributed by atoms with Gasteiger partial charge in [-0.2, -0.15) is 0 Å². The molecule has 0 aromatic rings. The van der Waals surface area contributed by atoms with Crippen LogP contribution >= 0.6 is 0 Å². The first-order valence-corrected chi connectivity index (χ1v) is 6.23. The zero-order valence-electron chi connectivity index (χ0n) is 10.8. The van der Waals surface area contributed by atoms with Gasteiger partial charge < -0.3 is 10.6 Å². The van der Waals surface area contributed by atoms with Crippen molar-refractivity contribution in [3.05, 3.63) is 12.3 Å². The molecule has 90 valence electrons. The molecule has 0 spiro atoms. The van der Waals surface area contributed by atoms with Gasteiger partial charge >= 0.3 is 0 Å². The van der Waals surface area contributed by atoms with E-state index < -0.39 is 0 Å². The number of nitrogens with zero attached hydrogens (tertiary/aromatic N) is 1. The van der Waals surface area contributed by atoms with E-state index >= 15 is 0 Å². The first-order chi connectivity index (χ1) is 7.13. The summed E-state index contributed by atoms with van der Waals surface area (Å²) in [5, 5.41) is 0. The van der Waals surface area contributed by atoms with E-state index in [2.05, 4.69) is 32.4 Å². The van der Waals surface area contributed by atoms with E-state index in [4.69, 9.17) is 5.73 Å². The topological polar surface area (TPSA) is 29.3 Å². The normalized spacial score (nSPS) is 12.5. The van der Waals surface area contributed by atoms with Crippen LogP contribution in [0, 0.1) is 5.92 Å². The smallest absolute Gasteiger partial charge is 0.0171 e. The molecule has 0 aromatic heterocycles. The molecule has 0 saturated carbocycles. The Morgan fingerprint density at radius 2 is 2.00 bits per heavy atom. The lowest BCUT2D eigenvalue weighted by molar-refractivity contribution is 0.349. The highest BCUT2D eigenvalue weighted by Crippen LogP contribution is 2.18. The molecule has 0 aromatic carbocycles. The Labute approximate surface area is 95.5 Å². The number of rotatable bonds is 9. The fraction of sp³-hybridized carbons (Fsp3) is 0.846. The van der Waals surface area contributed by atoms with Gasteiger partial charge in [0, 0.05) is 19.3 Å². The molecular weight excluding hydrogens is 184 g/mol. The standard InChI is InChI=1S/C13H28N2/c1-5-6-11-15(4)13(3)12(2)9-7-8-10-14/h12H,3,5-11,14H2,1-2,4H3. The van der Waals surface area contributed by atoms with Gasteiger partial charge in [-0.3, -0.25) is 0 Å². The van der Waals surface area contributed by atoms with Crippen molar-refractivity contribution >= 4 is 0 Å². The molecule has 0 amide bonds. The fourth-order valence-corrected chi connectivity index (χ4v) is 1.68. The molecule has 2 heteroatoms. The maximum atomic E-state index is 5.48. The maximum Gasteiger partial charge on any atom is 0.0171 e. The summed E-state index contributed by atoms with van der Waals surface area (Å²) >= 11 is 0. The molecule has 0 aliphatic carbocycles. The molecule has 0 bridgehead atoms. The SMILES string of the molecule is C=C(C(C)CCCCN)N(C)CCCC. The van der Waals surface area contributed by atoms with Gasteiger partial charge in [-0.15, -0.1) is 0 Å². The predicted molar refractivity (Wildman–Crippen MR) is 68.7 cm³/mol. The van der Waals surface area contributed by atoms with Crippen LogP contribution in [0.3, 0.4) is 0 Å². The highest BCUT2D eigenvalue weighted by atomic mass is 15.1. The van der Waals surface area contributed by atoms with Crippen LogP contribution in [0.15, 0.2) is 12.3 Å². The Bertz CT molecular complexity index is 166. The number of unbranched alkanes of at least 4 members (excludes halogenated alkanes) is 2. The fourth-order valence-electron chi connectivity index (χ4n) is 1.68. The van der Waals surface area contributed by atoms with Crippen LogP contribution in [-0.4, -0.2) is 25.0 Å². The van der Waals surface area contributed by atoms with Gasteiger partial charge in [0.2, 0.25) is 0 Å². The molecule has 0 aliphatic heterocycles. The predicted octanol–water partition coefficient (Wildman–Crippen LogP) is 3.00. The van der Waals surface area contributed by atoms with Gasteiger partial charge in [0.05, 0.1) is 0 Å². The molecule has 2 N–H and O–H groups in total. The molecule has 15 heavy (non-hydrogen) atoms. The average molecular weight is 212 g/mol. The first kappa shape index (κ1) is 14.5. The van der Waals surface area contributed by atoms with Crippen molar-refractivity contribution in [3.63, 3.8) is 0 Å². The molecule has 1 atom stereocenters. The van der Waals surface area contributed by atoms with Crippen molar-refractivity contribution in [1.29, 1.82) is 0 Å². The van der Waals surface area contributed by atoms with E-state index in [0.29, 0.717) is 5.92 Å². The van der Waals surface area contributed by atoms with E-state index in [-0.39, 0.29) is 0 Å². The van der Waals surface area contributed by atoms with Crippen LogP contribution in [0.1, 0.15) is 46.0 Å². The zero-order valence-corrected chi connectivity index (χ0v) is 10.8. The number of hydrogen-bond donors (Lipinski definition) is 1. The van der Waals surface area contributed by atoms with Gasteiger partial charge in [0.15, 0.2) is 0 Å². The Kier molecular flexibility index (Phi) is 8.49. The Balaban J connectivity index is 3.75. The summed E-state index contributed by atoms with van der Waals surface area (Å²) in [6.45, 7) is 10.6. The number of nitrogens with two attached hydrogens (primary N) is 1. The number of hydrogen-bond acceptors (Lipinski definition) is 2. The molecule has 2 nitrogen and oxygen atoms in total. The van der Waals surface area contributed by atoms with Crippen LogP contribution < -0.4 is 5.73 Å². The van der Waals surface area contributed by atoms with E-state index in [0.717, 1.165) is 19.5 Å². The Morgan fingerprint density at radius 3 is 2.53 bits per heavy atom. The van der Waals surface area contributed by atoms with Crippen molar-refractivity contribution in [2.45, 2.75) is 46.0 Å². The van der Waals surface area contributed by atoms with Crippen molar-refractivity contribution < 1.29 is 0 Å². The Morgan fingerprint density at radius 1 is 1.33 bits per heavy atom. The molecule has 0 heterocycles. The van der Waals surface area contributed by atoms with E-state index in [9.17, 15) is 0 Å². The maximum absolute atomic E-state index is 5.48. The molecular formula is C13H28N2. The van der Waals surface area contributed by atoms with Crippen LogP contribution in [-0.2, 0) is 0 Å². The van der Waals surface area contributed by atoms with Crippen LogP contribution in [0.25, 0.3) is 0 Å². The molecule has 0 aliphatic rings. The molecule has 1 unspecified atom stereocenters. The summed E-state index contributed by atoms with van der Waals surface area (Å²) in [6.07, 6.45) is 6.07. The van der Waals surface area contributed by atoms with Gasteiger partial charge in [0.25, 0.3) is 0 Å². The molecule has 0 fully saturated rings. The van der Waals surface area contributed by atoms with Gasteiger partial charge in [-0.05, 0) is 31.7 Å². The van der Waals surface area contributed by atoms with Crippen LogP contribution in [0.4, 0.5) is 0 Å². The summed E-state index contributed by atoms with van der Waals surface area (Å²) < 4.78 is 0.